The first kappa shape index (κ1) is 8.74. The average Bonchev–Trinajstić information content (AvgIpc) is 2.51. The van der Waals surface area contributed by atoms with Gasteiger partial charge in [0.2, 0.25) is 0 Å². The molecule has 0 spiro atoms. The molecule has 1 atom stereocenters. The Morgan fingerprint density at radius 1 is 1.36 bits per heavy atom. The molecule has 0 amide bonds. The molecule has 4 heteroatoms. The van der Waals surface area contributed by atoms with Crippen LogP contribution >= 0.6 is 0 Å². The maximum Gasteiger partial charge on any atom is 0.346 e. The van der Waals surface area contributed by atoms with Crippen molar-refractivity contribution in [2.45, 2.75) is 6.42 Å². The molecule has 14 heavy (non-hydrogen) atoms. The molecular formula is C10H10N2O2. The molecule has 2 rings (SSSR count). The van der Waals surface area contributed by atoms with Gasteiger partial charge in [0.15, 0.2) is 5.84 Å². The summed E-state index contributed by atoms with van der Waals surface area (Å²) in [6.07, 6.45) is 0.551. The van der Waals surface area contributed by atoms with Crippen molar-refractivity contribution in [1.82, 2.24) is 0 Å². The molecule has 0 aromatic heterocycles. The molecule has 0 bridgehead atoms. The number of nitrogens with two attached hydrogens (primary N) is 1. The average molecular weight is 190 g/mol. The van der Waals surface area contributed by atoms with Crippen molar-refractivity contribution in [2.75, 3.05) is 0 Å². The van der Waals surface area contributed by atoms with Gasteiger partial charge in [0.1, 0.15) is 5.92 Å². The molecule has 72 valence electrons. The largest absolute Gasteiger partial charge is 0.384 e. The number of carbonyl (C=O) groups is 1. The van der Waals surface area contributed by atoms with Gasteiger partial charge in [-0.2, -0.15) is 0 Å². The lowest BCUT2D eigenvalue weighted by atomic mass is 9.99. The van der Waals surface area contributed by atoms with E-state index in [9.17, 15) is 4.79 Å². The Labute approximate surface area is 81.3 Å². The third-order valence-electron chi connectivity index (χ3n) is 2.17. The van der Waals surface area contributed by atoms with E-state index in [-0.39, 0.29) is 11.8 Å². The molecule has 0 aliphatic carbocycles. The van der Waals surface area contributed by atoms with Gasteiger partial charge in [-0.3, -0.25) is 0 Å². The van der Waals surface area contributed by atoms with Crippen molar-refractivity contribution in [3.63, 3.8) is 0 Å². The first-order chi connectivity index (χ1) is 6.77. The molecule has 1 aliphatic heterocycles. The zero-order valence-corrected chi connectivity index (χ0v) is 7.51. The minimum atomic E-state index is -0.419. The zero-order chi connectivity index (χ0) is 9.97. The van der Waals surface area contributed by atoms with Crippen molar-refractivity contribution in [2.24, 2.45) is 16.8 Å². The minimum Gasteiger partial charge on any atom is -0.384 e. The maximum absolute atomic E-state index is 11.2. The minimum absolute atomic E-state index is 0.263. The summed E-state index contributed by atoms with van der Waals surface area (Å²) in [5, 5.41) is 3.44. The van der Waals surface area contributed by atoms with Gasteiger partial charge < -0.3 is 10.6 Å². The van der Waals surface area contributed by atoms with Crippen molar-refractivity contribution in [3.05, 3.63) is 35.9 Å². The number of amidine groups is 1. The lowest BCUT2D eigenvalue weighted by Crippen LogP contribution is -2.26. The normalized spacial score (nSPS) is 20.4. The molecule has 1 heterocycles. The van der Waals surface area contributed by atoms with E-state index in [1.807, 2.05) is 30.3 Å². The SMILES string of the molecule is NC1=NOC(=O)C1Cc1ccccc1. The first-order valence-electron chi connectivity index (χ1n) is 4.35. The van der Waals surface area contributed by atoms with Crippen molar-refractivity contribution < 1.29 is 9.63 Å². The van der Waals surface area contributed by atoms with E-state index in [1.165, 1.54) is 0 Å². The fourth-order valence-corrected chi connectivity index (χ4v) is 1.38. The van der Waals surface area contributed by atoms with Gasteiger partial charge in [0.25, 0.3) is 0 Å². The lowest BCUT2D eigenvalue weighted by molar-refractivity contribution is -0.143. The number of rotatable bonds is 2. The van der Waals surface area contributed by atoms with Crippen LogP contribution in [0.25, 0.3) is 0 Å². The maximum atomic E-state index is 11.2. The summed E-state index contributed by atoms with van der Waals surface area (Å²) in [5.41, 5.74) is 6.57. The molecule has 1 unspecified atom stereocenters. The van der Waals surface area contributed by atoms with Crippen LogP contribution in [-0.4, -0.2) is 11.8 Å². The highest BCUT2D eigenvalue weighted by molar-refractivity contribution is 6.03. The van der Waals surface area contributed by atoms with Crippen LogP contribution in [0.4, 0.5) is 0 Å². The van der Waals surface area contributed by atoms with E-state index in [0.717, 1.165) is 5.56 Å². The molecule has 0 saturated heterocycles. The number of oxime groups is 1. The van der Waals surface area contributed by atoms with Gasteiger partial charge in [-0.25, -0.2) is 4.79 Å². The van der Waals surface area contributed by atoms with Crippen LogP contribution in [0.15, 0.2) is 35.5 Å². The van der Waals surface area contributed by atoms with Crippen LogP contribution in [0.3, 0.4) is 0 Å². The Morgan fingerprint density at radius 2 is 2.07 bits per heavy atom. The fraction of sp³-hybridized carbons (Fsp3) is 0.200. The summed E-state index contributed by atoms with van der Waals surface area (Å²) >= 11 is 0. The molecule has 2 N–H and O–H groups in total. The number of hydrogen-bond acceptors (Lipinski definition) is 4. The summed E-state index contributed by atoms with van der Waals surface area (Å²) < 4.78 is 0. The molecule has 1 aliphatic rings. The van der Waals surface area contributed by atoms with Crippen LogP contribution in [0, 0.1) is 5.92 Å². The van der Waals surface area contributed by atoms with E-state index in [2.05, 4.69) is 9.99 Å². The van der Waals surface area contributed by atoms with Crippen molar-refractivity contribution in [1.29, 1.82) is 0 Å². The van der Waals surface area contributed by atoms with Gasteiger partial charge in [0, 0.05) is 0 Å². The van der Waals surface area contributed by atoms with Crippen LogP contribution in [-0.2, 0) is 16.1 Å². The molecule has 0 saturated carbocycles. The predicted octanol–water partition coefficient (Wildman–Crippen LogP) is 0.674. The second-order valence-electron chi connectivity index (χ2n) is 3.17. The Hall–Kier alpha value is -1.84. The summed E-state index contributed by atoms with van der Waals surface area (Å²) in [6.45, 7) is 0. The van der Waals surface area contributed by atoms with Gasteiger partial charge in [-0.1, -0.05) is 35.5 Å². The lowest BCUT2D eigenvalue weighted by Gasteiger charge is -2.04. The van der Waals surface area contributed by atoms with E-state index in [1.54, 1.807) is 0 Å². The summed E-state index contributed by atoms with van der Waals surface area (Å²) in [7, 11) is 0. The quantitative estimate of drug-likeness (QED) is 0.697. The van der Waals surface area contributed by atoms with Crippen molar-refractivity contribution >= 4 is 11.8 Å². The molecule has 4 nitrogen and oxygen atoms in total. The Balaban J connectivity index is 2.12. The van der Waals surface area contributed by atoms with Gasteiger partial charge in [-0.15, -0.1) is 0 Å². The van der Waals surface area contributed by atoms with Gasteiger partial charge in [0.05, 0.1) is 0 Å². The van der Waals surface area contributed by atoms with E-state index >= 15 is 0 Å². The first-order valence-corrected chi connectivity index (χ1v) is 4.35. The smallest absolute Gasteiger partial charge is 0.346 e. The monoisotopic (exact) mass is 190 g/mol. The van der Waals surface area contributed by atoms with E-state index in [4.69, 9.17) is 5.73 Å². The standard InChI is InChI=1S/C10H10N2O2/c11-9-8(10(13)14-12-9)6-7-4-2-1-3-5-7/h1-5,8H,6H2,(H2,11,12). The fourth-order valence-electron chi connectivity index (χ4n) is 1.38. The highest BCUT2D eigenvalue weighted by atomic mass is 16.7. The molecular weight excluding hydrogens is 180 g/mol. The summed E-state index contributed by atoms with van der Waals surface area (Å²) in [4.78, 5) is 15.6. The highest BCUT2D eigenvalue weighted by Gasteiger charge is 2.30. The second-order valence-corrected chi connectivity index (χ2v) is 3.17. The number of hydrogen-bond donors (Lipinski definition) is 1. The van der Waals surface area contributed by atoms with Gasteiger partial charge in [-0.05, 0) is 12.0 Å². The van der Waals surface area contributed by atoms with Gasteiger partial charge >= 0.3 is 5.97 Å². The van der Waals surface area contributed by atoms with Crippen LogP contribution in [0.2, 0.25) is 0 Å². The Kier molecular flexibility index (Phi) is 2.18. The Bertz CT molecular complexity index is 373. The zero-order valence-electron chi connectivity index (χ0n) is 7.51. The highest BCUT2D eigenvalue weighted by Crippen LogP contribution is 2.15. The number of carbonyl (C=O) groups excluding carboxylic acids is 1. The molecule has 0 radical (unpaired) electrons. The van der Waals surface area contributed by atoms with Crippen LogP contribution in [0.1, 0.15) is 5.56 Å². The molecule has 1 aromatic rings. The third kappa shape index (κ3) is 1.59. The number of nitrogens with zero attached hydrogens (tertiary/aromatic N) is 1. The third-order valence-corrected chi connectivity index (χ3v) is 2.17. The summed E-state index contributed by atoms with van der Waals surface area (Å²) in [5.74, 6) is -0.525. The van der Waals surface area contributed by atoms with Crippen LogP contribution < -0.4 is 5.73 Å². The molecule has 0 fully saturated rings. The second kappa shape index (κ2) is 3.49. The van der Waals surface area contributed by atoms with E-state index < -0.39 is 5.92 Å². The summed E-state index contributed by atoms with van der Waals surface area (Å²) in [6, 6.07) is 9.65. The number of benzene rings is 1. The predicted molar refractivity (Wildman–Crippen MR) is 51.4 cm³/mol. The van der Waals surface area contributed by atoms with E-state index in [0.29, 0.717) is 6.42 Å². The molecule has 1 aromatic carbocycles. The van der Waals surface area contributed by atoms with Crippen molar-refractivity contribution in [3.8, 4) is 0 Å². The Morgan fingerprint density at radius 3 is 2.64 bits per heavy atom. The topological polar surface area (TPSA) is 64.7 Å². The van der Waals surface area contributed by atoms with Crippen LogP contribution in [0.5, 0.6) is 0 Å².